The van der Waals surface area contributed by atoms with Gasteiger partial charge in [-0.2, -0.15) is 0 Å². The van der Waals surface area contributed by atoms with Crippen LogP contribution in [0.3, 0.4) is 0 Å². The van der Waals surface area contributed by atoms with Gasteiger partial charge in [-0.3, -0.25) is 0 Å². The topological polar surface area (TPSA) is 38.0 Å². The first kappa shape index (κ1) is 13.6. The summed E-state index contributed by atoms with van der Waals surface area (Å²) in [7, 11) is 0. The number of fused-ring (bicyclic) bond motifs is 1. The van der Waals surface area contributed by atoms with Crippen molar-refractivity contribution in [1.82, 2.24) is 5.32 Å². The zero-order valence-electron chi connectivity index (χ0n) is 8.12. The van der Waals surface area contributed by atoms with E-state index in [9.17, 15) is 0 Å². The molecule has 1 atom stereocenters. The van der Waals surface area contributed by atoms with Gasteiger partial charge in [0, 0.05) is 18.3 Å². The van der Waals surface area contributed by atoms with E-state index in [1.807, 2.05) is 6.07 Å². The SMILES string of the molecule is CC1Cc2cc(N)ccc2CN1.Cl.Cl. The molecule has 1 aromatic rings. The van der Waals surface area contributed by atoms with Gasteiger partial charge >= 0.3 is 0 Å². The van der Waals surface area contributed by atoms with E-state index >= 15 is 0 Å². The van der Waals surface area contributed by atoms with Gasteiger partial charge in [0.15, 0.2) is 0 Å². The molecule has 0 aromatic heterocycles. The van der Waals surface area contributed by atoms with Crippen LogP contribution in [-0.2, 0) is 13.0 Å². The fourth-order valence-corrected chi connectivity index (χ4v) is 1.69. The van der Waals surface area contributed by atoms with Crippen molar-refractivity contribution in [2.45, 2.75) is 25.9 Å². The monoisotopic (exact) mass is 234 g/mol. The van der Waals surface area contributed by atoms with E-state index in [0.717, 1.165) is 18.7 Å². The Balaban J connectivity index is 0.000000845. The Morgan fingerprint density at radius 1 is 1.29 bits per heavy atom. The maximum atomic E-state index is 5.71. The van der Waals surface area contributed by atoms with Crippen LogP contribution in [0.4, 0.5) is 5.69 Å². The Labute approximate surface area is 97.1 Å². The zero-order valence-corrected chi connectivity index (χ0v) is 9.75. The number of nitrogens with one attached hydrogen (secondary N) is 1. The average molecular weight is 235 g/mol. The van der Waals surface area contributed by atoms with Crippen LogP contribution in [0.1, 0.15) is 18.1 Å². The predicted molar refractivity (Wildman–Crippen MR) is 65.4 cm³/mol. The number of nitrogens with two attached hydrogens (primary N) is 1. The molecule has 0 saturated carbocycles. The first-order valence-corrected chi connectivity index (χ1v) is 4.36. The lowest BCUT2D eigenvalue weighted by Crippen LogP contribution is -2.32. The highest BCUT2D eigenvalue weighted by Crippen LogP contribution is 2.18. The van der Waals surface area contributed by atoms with E-state index in [0.29, 0.717) is 6.04 Å². The van der Waals surface area contributed by atoms with Gasteiger partial charge in [0.1, 0.15) is 0 Å². The van der Waals surface area contributed by atoms with Crippen molar-refractivity contribution in [1.29, 1.82) is 0 Å². The lowest BCUT2D eigenvalue weighted by atomic mass is 9.96. The van der Waals surface area contributed by atoms with E-state index in [2.05, 4.69) is 24.4 Å². The second-order valence-corrected chi connectivity index (χ2v) is 3.51. The van der Waals surface area contributed by atoms with Gasteiger partial charge in [-0.1, -0.05) is 6.07 Å². The molecule has 3 N–H and O–H groups in total. The van der Waals surface area contributed by atoms with Gasteiger partial charge < -0.3 is 11.1 Å². The van der Waals surface area contributed by atoms with Crippen molar-refractivity contribution in [3.05, 3.63) is 29.3 Å². The lowest BCUT2D eigenvalue weighted by molar-refractivity contribution is 0.514. The summed E-state index contributed by atoms with van der Waals surface area (Å²) in [4.78, 5) is 0. The summed E-state index contributed by atoms with van der Waals surface area (Å²) < 4.78 is 0. The molecule has 0 aliphatic carbocycles. The third kappa shape index (κ3) is 2.77. The number of anilines is 1. The van der Waals surface area contributed by atoms with E-state index in [1.165, 1.54) is 11.1 Å². The highest BCUT2D eigenvalue weighted by molar-refractivity contribution is 5.85. The first-order valence-electron chi connectivity index (χ1n) is 4.36. The smallest absolute Gasteiger partial charge is 0.0316 e. The molecule has 0 bridgehead atoms. The molecule has 4 heteroatoms. The van der Waals surface area contributed by atoms with Crippen LogP contribution in [0.25, 0.3) is 0 Å². The molecule has 1 aromatic carbocycles. The minimum atomic E-state index is 0. The van der Waals surface area contributed by atoms with Crippen molar-refractivity contribution in [2.75, 3.05) is 5.73 Å². The van der Waals surface area contributed by atoms with Crippen LogP contribution in [0, 0.1) is 0 Å². The van der Waals surface area contributed by atoms with Crippen LogP contribution in [0.15, 0.2) is 18.2 Å². The molecule has 2 nitrogen and oxygen atoms in total. The van der Waals surface area contributed by atoms with Crippen molar-refractivity contribution >= 4 is 30.5 Å². The molecule has 0 radical (unpaired) electrons. The molecule has 0 amide bonds. The van der Waals surface area contributed by atoms with Crippen molar-refractivity contribution < 1.29 is 0 Å². The average Bonchev–Trinajstić information content (AvgIpc) is 2.03. The summed E-state index contributed by atoms with van der Waals surface area (Å²) >= 11 is 0. The molecule has 14 heavy (non-hydrogen) atoms. The van der Waals surface area contributed by atoms with Crippen LogP contribution >= 0.6 is 24.8 Å². The maximum Gasteiger partial charge on any atom is 0.0316 e. The first-order chi connectivity index (χ1) is 5.75. The Morgan fingerprint density at radius 3 is 2.71 bits per heavy atom. The molecule has 1 aliphatic rings. The minimum Gasteiger partial charge on any atom is -0.399 e. The number of hydrogen-bond donors (Lipinski definition) is 2. The van der Waals surface area contributed by atoms with Crippen molar-refractivity contribution in [2.24, 2.45) is 0 Å². The predicted octanol–water partition coefficient (Wildman–Crippen LogP) is 2.15. The summed E-state index contributed by atoms with van der Waals surface area (Å²) in [5.74, 6) is 0. The zero-order chi connectivity index (χ0) is 8.55. The Kier molecular flexibility index (Phi) is 5.27. The van der Waals surface area contributed by atoms with Crippen LogP contribution in [-0.4, -0.2) is 6.04 Å². The largest absolute Gasteiger partial charge is 0.399 e. The molecule has 0 spiro atoms. The number of hydrogen-bond acceptors (Lipinski definition) is 2. The molecule has 0 saturated heterocycles. The summed E-state index contributed by atoms with van der Waals surface area (Å²) in [5, 5.41) is 3.42. The van der Waals surface area contributed by atoms with E-state index in [4.69, 9.17) is 5.73 Å². The second kappa shape index (κ2) is 5.44. The van der Waals surface area contributed by atoms with Crippen LogP contribution in [0.2, 0.25) is 0 Å². The van der Waals surface area contributed by atoms with Gasteiger partial charge in [0.25, 0.3) is 0 Å². The molecule has 1 heterocycles. The highest BCUT2D eigenvalue weighted by atomic mass is 35.5. The fourth-order valence-electron chi connectivity index (χ4n) is 1.69. The third-order valence-corrected chi connectivity index (χ3v) is 2.40. The van der Waals surface area contributed by atoms with Crippen molar-refractivity contribution in [3.63, 3.8) is 0 Å². The van der Waals surface area contributed by atoms with Gasteiger partial charge in [0.2, 0.25) is 0 Å². The molecule has 80 valence electrons. The highest BCUT2D eigenvalue weighted by Gasteiger charge is 2.13. The number of nitrogen functional groups attached to an aromatic ring is 1. The van der Waals surface area contributed by atoms with E-state index in [1.54, 1.807) is 0 Å². The number of rotatable bonds is 0. The maximum absolute atomic E-state index is 5.71. The number of halogens is 2. The molecule has 0 fully saturated rings. The van der Waals surface area contributed by atoms with Gasteiger partial charge in [-0.05, 0) is 36.6 Å². The van der Waals surface area contributed by atoms with Crippen LogP contribution in [0.5, 0.6) is 0 Å². The molecule has 2 rings (SSSR count). The fraction of sp³-hybridized carbons (Fsp3) is 0.400. The summed E-state index contributed by atoms with van der Waals surface area (Å²) in [6.07, 6.45) is 1.10. The summed E-state index contributed by atoms with van der Waals surface area (Å²) in [5.41, 5.74) is 9.38. The molecule has 1 aliphatic heterocycles. The summed E-state index contributed by atoms with van der Waals surface area (Å²) in [6.45, 7) is 3.18. The Morgan fingerprint density at radius 2 is 2.00 bits per heavy atom. The van der Waals surface area contributed by atoms with Gasteiger partial charge in [0.05, 0.1) is 0 Å². The molecular formula is C10H16Cl2N2. The van der Waals surface area contributed by atoms with Gasteiger partial charge in [-0.25, -0.2) is 0 Å². The quantitative estimate of drug-likeness (QED) is 0.676. The molecular weight excluding hydrogens is 219 g/mol. The van der Waals surface area contributed by atoms with Gasteiger partial charge in [-0.15, -0.1) is 24.8 Å². The number of benzene rings is 1. The minimum absolute atomic E-state index is 0. The lowest BCUT2D eigenvalue weighted by Gasteiger charge is -2.23. The van der Waals surface area contributed by atoms with Crippen molar-refractivity contribution in [3.8, 4) is 0 Å². The second-order valence-electron chi connectivity index (χ2n) is 3.51. The Hall–Kier alpha value is -0.440. The summed E-state index contributed by atoms with van der Waals surface area (Å²) in [6, 6.07) is 6.76. The standard InChI is InChI=1S/C10H14N2.2ClH/c1-7-4-9-5-10(11)3-2-8(9)6-12-7;;/h2-3,5,7,12H,4,6,11H2,1H3;2*1H. The Bertz CT molecular complexity index is 302. The third-order valence-electron chi connectivity index (χ3n) is 2.40. The van der Waals surface area contributed by atoms with E-state index < -0.39 is 0 Å². The normalized spacial score (nSPS) is 18.8. The van der Waals surface area contributed by atoms with E-state index in [-0.39, 0.29) is 24.8 Å². The van der Waals surface area contributed by atoms with Crippen LogP contribution < -0.4 is 11.1 Å². The molecule has 1 unspecified atom stereocenters.